The molecule has 0 amide bonds. The second-order valence-corrected chi connectivity index (χ2v) is 5.35. The second kappa shape index (κ2) is 6.43. The van der Waals surface area contributed by atoms with Gasteiger partial charge < -0.3 is 15.4 Å². The molecule has 0 unspecified atom stereocenters. The van der Waals surface area contributed by atoms with Gasteiger partial charge >= 0.3 is 0 Å². The van der Waals surface area contributed by atoms with Crippen LogP contribution in [-0.4, -0.2) is 23.1 Å². The minimum absolute atomic E-state index is 0.285. The highest BCUT2D eigenvalue weighted by atomic mass is 16.5. The van der Waals surface area contributed by atoms with Crippen LogP contribution in [0.3, 0.4) is 0 Å². The van der Waals surface area contributed by atoms with Gasteiger partial charge in [0.1, 0.15) is 11.6 Å². The molecule has 0 saturated heterocycles. The molecule has 0 aliphatic heterocycles. The highest BCUT2D eigenvalue weighted by molar-refractivity contribution is 5.65. The van der Waals surface area contributed by atoms with Crippen molar-refractivity contribution in [2.45, 2.75) is 33.7 Å². The summed E-state index contributed by atoms with van der Waals surface area (Å²) in [4.78, 5) is 8.87. The van der Waals surface area contributed by atoms with E-state index in [1.165, 1.54) is 0 Å². The van der Waals surface area contributed by atoms with Crippen LogP contribution in [0.4, 0.5) is 17.5 Å². The number of hydrogen-bond donors (Lipinski definition) is 2. The Labute approximate surface area is 125 Å². The summed E-state index contributed by atoms with van der Waals surface area (Å²) in [6.07, 6.45) is 0. The number of hydrogen-bond acceptors (Lipinski definition) is 5. The minimum Gasteiger partial charge on any atom is -0.495 e. The van der Waals surface area contributed by atoms with Gasteiger partial charge in [0.25, 0.3) is 0 Å². The van der Waals surface area contributed by atoms with E-state index in [-0.39, 0.29) is 6.04 Å². The number of aromatic nitrogens is 2. The van der Waals surface area contributed by atoms with E-state index in [2.05, 4.69) is 34.4 Å². The highest BCUT2D eigenvalue weighted by Gasteiger charge is 2.07. The van der Waals surface area contributed by atoms with Crippen molar-refractivity contribution in [1.29, 1.82) is 0 Å². The first-order valence-corrected chi connectivity index (χ1v) is 7.02. The third kappa shape index (κ3) is 4.08. The highest BCUT2D eigenvalue weighted by Crippen LogP contribution is 2.28. The van der Waals surface area contributed by atoms with Crippen molar-refractivity contribution in [3.8, 4) is 5.75 Å². The number of methoxy groups -OCH3 is 1. The molecule has 0 aliphatic rings. The number of nitrogens with one attached hydrogen (secondary N) is 2. The van der Waals surface area contributed by atoms with Gasteiger partial charge in [0, 0.05) is 17.8 Å². The summed E-state index contributed by atoms with van der Waals surface area (Å²) >= 11 is 0. The lowest BCUT2D eigenvalue weighted by atomic mass is 10.2. The first-order chi connectivity index (χ1) is 9.97. The van der Waals surface area contributed by atoms with Crippen LogP contribution in [0.15, 0.2) is 24.3 Å². The third-order valence-corrected chi connectivity index (χ3v) is 2.89. The molecule has 1 aromatic heterocycles. The first-order valence-electron chi connectivity index (χ1n) is 7.02. The summed E-state index contributed by atoms with van der Waals surface area (Å²) in [5.41, 5.74) is 2.96. The molecule has 112 valence electrons. The van der Waals surface area contributed by atoms with E-state index in [1.54, 1.807) is 7.11 Å². The molecule has 5 nitrogen and oxygen atoms in total. The van der Waals surface area contributed by atoms with E-state index in [9.17, 15) is 0 Å². The number of rotatable bonds is 5. The van der Waals surface area contributed by atoms with Crippen LogP contribution in [0.2, 0.25) is 0 Å². The summed E-state index contributed by atoms with van der Waals surface area (Å²) in [5, 5.41) is 6.52. The van der Waals surface area contributed by atoms with Gasteiger partial charge in [-0.15, -0.1) is 0 Å². The van der Waals surface area contributed by atoms with Crippen LogP contribution in [-0.2, 0) is 0 Å². The molecule has 1 heterocycles. The van der Waals surface area contributed by atoms with Crippen molar-refractivity contribution in [2.24, 2.45) is 0 Å². The van der Waals surface area contributed by atoms with Gasteiger partial charge in [0.05, 0.1) is 12.8 Å². The van der Waals surface area contributed by atoms with Crippen LogP contribution >= 0.6 is 0 Å². The Morgan fingerprint density at radius 1 is 1.10 bits per heavy atom. The molecule has 0 aliphatic carbocycles. The molecular weight excluding hydrogens is 264 g/mol. The Balaban J connectivity index is 2.31. The Bertz CT molecular complexity index is 626. The van der Waals surface area contributed by atoms with E-state index in [0.717, 1.165) is 28.5 Å². The van der Waals surface area contributed by atoms with Crippen LogP contribution in [0.1, 0.15) is 25.1 Å². The lowest BCUT2D eigenvalue weighted by Gasteiger charge is -2.14. The zero-order valence-electron chi connectivity index (χ0n) is 13.2. The van der Waals surface area contributed by atoms with Crippen molar-refractivity contribution in [1.82, 2.24) is 9.97 Å². The monoisotopic (exact) mass is 286 g/mol. The normalized spacial score (nSPS) is 10.6. The molecule has 0 fully saturated rings. The molecule has 0 saturated carbocycles. The molecule has 1 aromatic carbocycles. The fourth-order valence-electron chi connectivity index (χ4n) is 2.01. The minimum atomic E-state index is 0.285. The standard InChI is InChI=1S/C16H22N4O/c1-10(2)17-16-18-12(4)9-15(20-16)19-13-8-11(3)6-7-14(13)21-5/h6-10H,1-5H3,(H2,17,18,19,20). The summed E-state index contributed by atoms with van der Waals surface area (Å²) < 4.78 is 5.38. The van der Waals surface area contributed by atoms with E-state index >= 15 is 0 Å². The second-order valence-electron chi connectivity index (χ2n) is 5.35. The van der Waals surface area contributed by atoms with Crippen LogP contribution in [0.25, 0.3) is 0 Å². The van der Waals surface area contributed by atoms with Crippen molar-refractivity contribution < 1.29 is 4.74 Å². The van der Waals surface area contributed by atoms with E-state index < -0.39 is 0 Å². The quantitative estimate of drug-likeness (QED) is 0.878. The summed E-state index contributed by atoms with van der Waals surface area (Å²) in [5.74, 6) is 2.16. The molecule has 2 aromatic rings. The van der Waals surface area contributed by atoms with Gasteiger partial charge in [-0.05, 0) is 45.4 Å². The average Bonchev–Trinajstić information content (AvgIpc) is 2.37. The van der Waals surface area contributed by atoms with Gasteiger partial charge in [-0.25, -0.2) is 4.98 Å². The lowest BCUT2D eigenvalue weighted by molar-refractivity contribution is 0.416. The Morgan fingerprint density at radius 2 is 1.86 bits per heavy atom. The number of aryl methyl sites for hydroxylation is 2. The van der Waals surface area contributed by atoms with Crippen LogP contribution in [0.5, 0.6) is 5.75 Å². The van der Waals surface area contributed by atoms with Gasteiger partial charge in [-0.3, -0.25) is 0 Å². The Hall–Kier alpha value is -2.30. The van der Waals surface area contributed by atoms with Gasteiger partial charge in [-0.1, -0.05) is 6.07 Å². The van der Waals surface area contributed by atoms with Crippen molar-refractivity contribution in [2.75, 3.05) is 17.7 Å². The smallest absolute Gasteiger partial charge is 0.225 e. The first kappa shape index (κ1) is 15.1. The van der Waals surface area contributed by atoms with Crippen molar-refractivity contribution in [3.05, 3.63) is 35.5 Å². The molecule has 0 bridgehead atoms. The predicted molar refractivity (Wildman–Crippen MR) is 86.5 cm³/mol. The fourth-order valence-corrected chi connectivity index (χ4v) is 2.01. The maximum atomic E-state index is 5.38. The number of anilines is 3. The van der Waals surface area contributed by atoms with Crippen molar-refractivity contribution in [3.63, 3.8) is 0 Å². The molecule has 2 N–H and O–H groups in total. The van der Waals surface area contributed by atoms with Crippen LogP contribution < -0.4 is 15.4 Å². The number of benzene rings is 1. The predicted octanol–water partition coefficient (Wildman–Crippen LogP) is 3.67. The summed E-state index contributed by atoms with van der Waals surface area (Å²) in [7, 11) is 1.66. The SMILES string of the molecule is COc1ccc(C)cc1Nc1cc(C)nc(NC(C)C)n1. The molecule has 0 spiro atoms. The van der Waals surface area contributed by atoms with E-state index in [4.69, 9.17) is 4.74 Å². The Kier molecular flexibility index (Phi) is 4.62. The van der Waals surface area contributed by atoms with E-state index in [1.807, 2.05) is 38.1 Å². The van der Waals surface area contributed by atoms with E-state index in [0.29, 0.717) is 5.95 Å². The van der Waals surface area contributed by atoms with Gasteiger partial charge in [0.15, 0.2) is 0 Å². The average molecular weight is 286 g/mol. The number of ether oxygens (including phenoxy) is 1. The fraction of sp³-hybridized carbons (Fsp3) is 0.375. The number of nitrogens with zero attached hydrogens (tertiary/aromatic N) is 2. The third-order valence-electron chi connectivity index (χ3n) is 2.89. The van der Waals surface area contributed by atoms with Crippen molar-refractivity contribution >= 4 is 17.5 Å². The molecule has 5 heteroatoms. The van der Waals surface area contributed by atoms with Gasteiger partial charge in [0.2, 0.25) is 5.95 Å². The summed E-state index contributed by atoms with van der Waals surface area (Å²) in [6, 6.07) is 8.19. The lowest BCUT2D eigenvalue weighted by Crippen LogP contribution is -2.13. The largest absolute Gasteiger partial charge is 0.495 e. The topological polar surface area (TPSA) is 59.1 Å². The molecular formula is C16H22N4O. The molecule has 0 radical (unpaired) electrons. The maximum Gasteiger partial charge on any atom is 0.225 e. The molecule has 21 heavy (non-hydrogen) atoms. The summed E-state index contributed by atoms with van der Waals surface area (Å²) in [6.45, 7) is 8.11. The maximum absolute atomic E-state index is 5.38. The van der Waals surface area contributed by atoms with Gasteiger partial charge in [-0.2, -0.15) is 4.98 Å². The van der Waals surface area contributed by atoms with Crippen LogP contribution in [0, 0.1) is 13.8 Å². The molecule has 2 rings (SSSR count). The zero-order valence-corrected chi connectivity index (χ0v) is 13.2. The Morgan fingerprint density at radius 3 is 2.52 bits per heavy atom. The zero-order chi connectivity index (χ0) is 15.4. The molecule has 0 atom stereocenters.